The standard InChI is InChI=1S/C22H20F3N3O4/c1-14(15-2-4-17(5-3-15)21(31)26-12-10-20(29)30)28-13-11-19(27-28)16-6-8-18(9-7-16)32-22(23,24)25/h2-9,11,13-14H,10,12H2,1H3,(H,26,31)(H,29,30). The Morgan fingerprint density at radius 2 is 1.75 bits per heavy atom. The minimum atomic E-state index is -4.74. The number of nitrogens with zero attached hydrogens (tertiary/aromatic N) is 2. The number of halogens is 3. The molecule has 3 rings (SSSR count). The summed E-state index contributed by atoms with van der Waals surface area (Å²) in [5.41, 5.74) is 2.52. The van der Waals surface area contributed by atoms with Crippen LogP contribution in [0.2, 0.25) is 0 Å². The SMILES string of the molecule is CC(c1ccc(C(=O)NCCC(=O)O)cc1)n1ccc(-c2ccc(OC(F)(F)F)cc2)n1. The van der Waals surface area contributed by atoms with Gasteiger partial charge in [0.05, 0.1) is 18.2 Å². The number of amides is 1. The highest BCUT2D eigenvalue weighted by Gasteiger charge is 2.31. The van der Waals surface area contributed by atoms with Gasteiger partial charge in [-0.2, -0.15) is 5.10 Å². The topological polar surface area (TPSA) is 93.5 Å². The molecule has 0 fully saturated rings. The maximum atomic E-state index is 12.3. The molecule has 0 bridgehead atoms. The highest BCUT2D eigenvalue weighted by atomic mass is 19.4. The zero-order valence-corrected chi connectivity index (χ0v) is 17.0. The number of ether oxygens (including phenoxy) is 1. The zero-order chi connectivity index (χ0) is 23.3. The molecule has 0 saturated heterocycles. The largest absolute Gasteiger partial charge is 0.573 e. The van der Waals surface area contributed by atoms with Crippen molar-refractivity contribution in [2.75, 3.05) is 6.54 Å². The average Bonchev–Trinajstić information content (AvgIpc) is 3.22. The van der Waals surface area contributed by atoms with E-state index in [4.69, 9.17) is 5.11 Å². The number of carboxylic acids is 1. The van der Waals surface area contributed by atoms with E-state index in [1.54, 1.807) is 41.2 Å². The van der Waals surface area contributed by atoms with Gasteiger partial charge in [-0.1, -0.05) is 12.1 Å². The van der Waals surface area contributed by atoms with E-state index < -0.39 is 12.3 Å². The highest BCUT2D eigenvalue weighted by molar-refractivity contribution is 5.94. The van der Waals surface area contributed by atoms with E-state index >= 15 is 0 Å². The van der Waals surface area contributed by atoms with Crippen LogP contribution in [0.25, 0.3) is 11.3 Å². The molecule has 0 saturated carbocycles. The van der Waals surface area contributed by atoms with Crippen LogP contribution < -0.4 is 10.1 Å². The molecule has 3 aromatic rings. The number of carbonyl (C=O) groups is 2. The molecular formula is C22H20F3N3O4. The van der Waals surface area contributed by atoms with Gasteiger partial charge in [-0.25, -0.2) is 0 Å². The lowest BCUT2D eigenvalue weighted by Gasteiger charge is -2.13. The molecule has 2 aromatic carbocycles. The lowest BCUT2D eigenvalue weighted by molar-refractivity contribution is -0.274. The van der Waals surface area contributed by atoms with Gasteiger partial charge in [0.1, 0.15) is 5.75 Å². The van der Waals surface area contributed by atoms with Crippen molar-refractivity contribution in [3.63, 3.8) is 0 Å². The van der Waals surface area contributed by atoms with E-state index in [2.05, 4.69) is 15.2 Å². The molecular weight excluding hydrogens is 427 g/mol. The van der Waals surface area contributed by atoms with Crippen molar-refractivity contribution in [1.82, 2.24) is 15.1 Å². The summed E-state index contributed by atoms with van der Waals surface area (Å²) in [6.07, 6.45) is -3.14. The van der Waals surface area contributed by atoms with Crippen molar-refractivity contribution in [2.45, 2.75) is 25.7 Å². The summed E-state index contributed by atoms with van der Waals surface area (Å²) in [6, 6.07) is 13.9. The summed E-state index contributed by atoms with van der Waals surface area (Å²) >= 11 is 0. The Morgan fingerprint density at radius 1 is 1.09 bits per heavy atom. The Balaban J connectivity index is 1.65. The van der Waals surface area contributed by atoms with Gasteiger partial charge in [-0.3, -0.25) is 14.3 Å². The van der Waals surface area contributed by atoms with Crippen LogP contribution in [0.15, 0.2) is 60.8 Å². The first-order chi connectivity index (χ1) is 15.1. The van der Waals surface area contributed by atoms with E-state index in [0.717, 1.165) is 5.56 Å². The van der Waals surface area contributed by atoms with Crippen molar-refractivity contribution in [1.29, 1.82) is 0 Å². The van der Waals surface area contributed by atoms with Gasteiger partial charge in [0, 0.05) is 23.9 Å². The van der Waals surface area contributed by atoms with Crippen molar-refractivity contribution in [2.24, 2.45) is 0 Å². The normalized spacial score (nSPS) is 12.2. The number of aliphatic carboxylic acids is 1. The fourth-order valence-electron chi connectivity index (χ4n) is 2.99. The fourth-order valence-corrected chi connectivity index (χ4v) is 2.99. The van der Waals surface area contributed by atoms with Gasteiger partial charge >= 0.3 is 12.3 Å². The second kappa shape index (κ2) is 9.54. The van der Waals surface area contributed by atoms with Crippen LogP contribution >= 0.6 is 0 Å². The van der Waals surface area contributed by atoms with Gasteiger partial charge < -0.3 is 15.2 Å². The number of aromatic nitrogens is 2. The number of hydrogen-bond donors (Lipinski definition) is 2. The fraction of sp³-hybridized carbons (Fsp3) is 0.227. The lowest BCUT2D eigenvalue weighted by atomic mass is 10.1. The summed E-state index contributed by atoms with van der Waals surface area (Å²) < 4.78 is 42.4. The number of alkyl halides is 3. The number of hydrogen-bond acceptors (Lipinski definition) is 4. The number of carbonyl (C=O) groups excluding carboxylic acids is 1. The Bertz CT molecular complexity index is 1080. The molecule has 0 aliphatic heterocycles. The Labute approximate surface area is 181 Å². The van der Waals surface area contributed by atoms with Crippen LogP contribution in [-0.4, -0.2) is 39.7 Å². The molecule has 0 radical (unpaired) electrons. The molecule has 1 aromatic heterocycles. The molecule has 10 heteroatoms. The third-order valence-electron chi connectivity index (χ3n) is 4.67. The molecule has 1 atom stereocenters. The Morgan fingerprint density at radius 3 is 2.34 bits per heavy atom. The molecule has 2 N–H and O–H groups in total. The molecule has 7 nitrogen and oxygen atoms in total. The molecule has 1 amide bonds. The van der Waals surface area contributed by atoms with E-state index in [0.29, 0.717) is 16.8 Å². The van der Waals surface area contributed by atoms with Crippen LogP contribution in [0.1, 0.15) is 35.3 Å². The molecule has 1 unspecified atom stereocenters. The summed E-state index contributed by atoms with van der Waals surface area (Å²) in [7, 11) is 0. The second-order valence-electron chi connectivity index (χ2n) is 6.95. The van der Waals surface area contributed by atoms with Crippen LogP contribution in [0.4, 0.5) is 13.2 Å². The summed E-state index contributed by atoms with van der Waals surface area (Å²) in [5.74, 6) is -1.65. The van der Waals surface area contributed by atoms with Crippen molar-refractivity contribution < 1.29 is 32.6 Å². The third-order valence-corrected chi connectivity index (χ3v) is 4.67. The Hall–Kier alpha value is -3.82. The first-order valence-corrected chi connectivity index (χ1v) is 9.63. The van der Waals surface area contributed by atoms with Gasteiger partial charge in [-0.15, -0.1) is 13.2 Å². The maximum Gasteiger partial charge on any atom is 0.573 e. The van der Waals surface area contributed by atoms with E-state index in [1.165, 1.54) is 24.3 Å². The number of nitrogens with one attached hydrogen (secondary N) is 1. The average molecular weight is 447 g/mol. The minimum Gasteiger partial charge on any atom is -0.481 e. The smallest absolute Gasteiger partial charge is 0.481 e. The zero-order valence-electron chi connectivity index (χ0n) is 17.0. The van der Waals surface area contributed by atoms with Gasteiger partial charge in [0.15, 0.2) is 0 Å². The van der Waals surface area contributed by atoms with Gasteiger partial charge in [0.25, 0.3) is 5.91 Å². The molecule has 0 aliphatic rings. The van der Waals surface area contributed by atoms with Crippen molar-refractivity contribution in [3.8, 4) is 17.0 Å². The monoisotopic (exact) mass is 447 g/mol. The molecule has 0 spiro atoms. The third kappa shape index (κ3) is 6.10. The molecule has 32 heavy (non-hydrogen) atoms. The second-order valence-corrected chi connectivity index (χ2v) is 6.95. The summed E-state index contributed by atoms with van der Waals surface area (Å²) in [6.45, 7) is 1.96. The molecule has 1 heterocycles. The number of benzene rings is 2. The van der Waals surface area contributed by atoms with Gasteiger partial charge in [-0.05, 0) is 55.0 Å². The van der Waals surface area contributed by atoms with E-state index in [-0.39, 0.29) is 30.7 Å². The maximum absolute atomic E-state index is 12.3. The molecule has 0 aliphatic carbocycles. The lowest BCUT2D eigenvalue weighted by Crippen LogP contribution is -2.26. The van der Waals surface area contributed by atoms with E-state index in [9.17, 15) is 22.8 Å². The van der Waals surface area contributed by atoms with Gasteiger partial charge in [0.2, 0.25) is 0 Å². The van der Waals surface area contributed by atoms with Crippen molar-refractivity contribution >= 4 is 11.9 Å². The summed E-state index contributed by atoms with van der Waals surface area (Å²) in [4.78, 5) is 22.6. The molecule has 168 valence electrons. The first kappa shape index (κ1) is 22.9. The summed E-state index contributed by atoms with van der Waals surface area (Å²) in [5, 5.41) is 15.7. The minimum absolute atomic E-state index is 0.0473. The van der Waals surface area contributed by atoms with Crippen molar-refractivity contribution in [3.05, 3.63) is 71.9 Å². The first-order valence-electron chi connectivity index (χ1n) is 9.63. The Kier molecular flexibility index (Phi) is 6.82. The predicted octanol–water partition coefficient (Wildman–Crippen LogP) is 4.26. The highest BCUT2D eigenvalue weighted by Crippen LogP contribution is 2.27. The van der Waals surface area contributed by atoms with Crippen LogP contribution in [-0.2, 0) is 4.79 Å². The number of rotatable bonds is 8. The predicted molar refractivity (Wildman–Crippen MR) is 109 cm³/mol. The van der Waals surface area contributed by atoms with E-state index in [1.807, 2.05) is 6.92 Å². The quantitative estimate of drug-likeness (QED) is 0.538. The van der Waals surface area contributed by atoms with Crippen LogP contribution in [0, 0.1) is 0 Å². The number of carboxylic acid groups (broad SMARTS) is 1. The van der Waals surface area contributed by atoms with Crippen LogP contribution in [0.3, 0.4) is 0 Å². The van der Waals surface area contributed by atoms with Crippen LogP contribution in [0.5, 0.6) is 5.75 Å².